The number of carbonyl (C=O) groups excluding carboxylic acids is 1. The SMILES string of the molecule is CC1(c2nnnn2Cc2ccccc2)CCC(=O)N1Cc1cccc(C(F)(F)F)c1. The Balaban J connectivity index is 1.64. The number of halogens is 3. The van der Waals surface area contributed by atoms with Crippen molar-refractivity contribution in [2.45, 2.75) is 44.6 Å². The predicted octanol–water partition coefficient (Wildman–Crippen LogP) is 3.78. The first kappa shape index (κ1) is 20.1. The molecule has 0 N–H and O–H groups in total. The van der Waals surface area contributed by atoms with Gasteiger partial charge in [0.15, 0.2) is 5.82 Å². The minimum Gasteiger partial charge on any atom is -0.326 e. The van der Waals surface area contributed by atoms with Gasteiger partial charge >= 0.3 is 6.18 Å². The second-order valence-corrected chi connectivity index (χ2v) is 7.60. The highest BCUT2D eigenvalue weighted by Crippen LogP contribution is 2.39. The number of likely N-dealkylation sites (tertiary alicyclic amines) is 1. The van der Waals surface area contributed by atoms with Gasteiger partial charge in [0.05, 0.1) is 12.1 Å². The molecule has 9 heteroatoms. The highest BCUT2D eigenvalue weighted by molar-refractivity contribution is 5.79. The third kappa shape index (κ3) is 3.79. The van der Waals surface area contributed by atoms with Crippen molar-refractivity contribution in [2.75, 3.05) is 0 Å². The molecule has 0 radical (unpaired) electrons. The van der Waals surface area contributed by atoms with Gasteiger partial charge in [-0.05, 0) is 47.0 Å². The van der Waals surface area contributed by atoms with E-state index in [2.05, 4.69) is 15.5 Å². The lowest BCUT2D eigenvalue weighted by Crippen LogP contribution is -2.42. The lowest BCUT2D eigenvalue weighted by Gasteiger charge is -2.34. The van der Waals surface area contributed by atoms with Crippen LogP contribution in [0.15, 0.2) is 54.6 Å². The topological polar surface area (TPSA) is 63.9 Å². The van der Waals surface area contributed by atoms with Gasteiger partial charge in [0.2, 0.25) is 5.91 Å². The largest absolute Gasteiger partial charge is 0.416 e. The molecule has 1 unspecified atom stereocenters. The van der Waals surface area contributed by atoms with Gasteiger partial charge in [0, 0.05) is 13.0 Å². The number of amides is 1. The molecule has 1 amide bonds. The second kappa shape index (κ2) is 7.55. The van der Waals surface area contributed by atoms with E-state index in [1.807, 2.05) is 37.3 Å². The number of benzene rings is 2. The maximum Gasteiger partial charge on any atom is 0.416 e. The number of carbonyl (C=O) groups is 1. The summed E-state index contributed by atoms with van der Waals surface area (Å²) in [6, 6.07) is 14.7. The summed E-state index contributed by atoms with van der Waals surface area (Å²) in [6.07, 6.45) is -3.66. The molecule has 4 rings (SSSR count). The van der Waals surface area contributed by atoms with Crippen LogP contribution in [-0.2, 0) is 29.6 Å². The Morgan fingerprint density at radius 3 is 2.50 bits per heavy atom. The van der Waals surface area contributed by atoms with Crippen LogP contribution in [0.25, 0.3) is 0 Å². The lowest BCUT2D eigenvalue weighted by atomic mass is 9.96. The van der Waals surface area contributed by atoms with E-state index in [4.69, 9.17) is 0 Å². The molecule has 1 aliphatic rings. The Morgan fingerprint density at radius 2 is 1.77 bits per heavy atom. The van der Waals surface area contributed by atoms with E-state index in [1.54, 1.807) is 15.6 Å². The summed E-state index contributed by atoms with van der Waals surface area (Å²) in [6.45, 7) is 2.35. The van der Waals surface area contributed by atoms with Crippen LogP contribution >= 0.6 is 0 Å². The third-order valence-electron chi connectivity index (χ3n) is 5.51. The zero-order valence-corrected chi connectivity index (χ0v) is 16.3. The summed E-state index contributed by atoms with van der Waals surface area (Å²) in [5.74, 6) is 0.383. The van der Waals surface area contributed by atoms with Gasteiger partial charge in [-0.25, -0.2) is 4.68 Å². The summed E-state index contributed by atoms with van der Waals surface area (Å²) in [5, 5.41) is 12.1. The molecular weight excluding hydrogens is 395 g/mol. The molecule has 1 atom stereocenters. The van der Waals surface area contributed by atoms with Crippen LogP contribution in [0.1, 0.15) is 42.3 Å². The minimum atomic E-state index is -4.44. The van der Waals surface area contributed by atoms with Crippen LogP contribution in [0.4, 0.5) is 13.2 Å². The van der Waals surface area contributed by atoms with Crippen LogP contribution in [0.2, 0.25) is 0 Å². The van der Waals surface area contributed by atoms with E-state index < -0.39 is 17.3 Å². The number of hydrogen-bond acceptors (Lipinski definition) is 4. The summed E-state index contributed by atoms with van der Waals surface area (Å²) in [7, 11) is 0. The molecule has 1 saturated heterocycles. The van der Waals surface area contributed by atoms with Crippen molar-refractivity contribution in [1.29, 1.82) is 0 Å². The summed E-state index contributed by atoms with van der Waals surface area (Å²) >= 11 is 0. The van der Waals surface area contributed by atoms with E-state index in [0.29, 0.717) is 24.4 Å². The van der Waals surface area contributed by atoms with Gasteiger partial charge in [-0.2, -0.15) is 13.2 Å². The molecule has 6 nitrogen and oxygen atoms in total. The van der Waals surface area contributed by atoms with Gasteiger partial charge in [-0.3, -0.25) is 4.79 Å². The Labute approximate surface area is 171 Å². The number of rotatable bonds is 5. The molecule has 2 aromatic carbocycles. The lowest BCUT2D eigenvalue weighted by molar-refractivity contribution is -0.137. The first-order chi connectivity index (χ1) is 14.3. The fourth-order valence-corrected chi connectivity index (χ4v) is 3.87. The average molecular weight is 415 g/mol. The molecule has 0 spiro atoms. The average Bonchev–Trinajstić information content (AvgIpc) is 3.29. The zero-order valence-electron chi connectivity index (χ0n) is 16.3. The Hall–Kier alpha value is -3.23. The van der Waals surface area contributed by atoms with Gasteiger partial charge in [-0.15, -0.1) is 5.10 Å². The van der Waals surface area contributed by atoms with Crippen molar-refractivity contribution in [1.82, 2.24) is 25.1 Å². The Kier molecular flexibility index (Phi) is 5.05. The number of nitrogens with zero attached hydrogens (tertiary/aromatic N) is 5. The maximum atomic E-state index is 13.1. The van der Waals surface area contributed by atoms with Crippen LogP contribution in [0, 0.1) is 0 Å². The van der Waals surface area contributed by atoms with Gasteiger partial charge < -0.3 is 4.90 Å². The van der Waals surface area contributed by atoms with Crippen molar-refractivity contribution >= 4 is 5.91 Å². The van der Waals surface area contributed by atoms with Gasteiger partial charge in [-0.1, -0.05) is 42.5 Å². The molecule has 1 aliphatic heterocycles. The van der Waals surface area contributed by atoms with Crippen molar-refractivity contribution in [3.63, 3.8) is 0 Å². The molecule has 0 bridgehead atoms. The second-order valence-electron chi connectivity index (χ2n) is 7.60. The fourth-order valence-electron chi connectivity index (χ4n) is 3.87. The molecule has 1 aromatic heterocycles. The molecule has 30 heavy (non-hydrogen) atoms. The number of alkyl halides is 3. The number of aromatic nitrogens is 4. The monoisotopic (exact) mass is 415 g/mol. The van der Waals surface area contributed by atoms with E-state index in [0.717, 1.165) is 17.7 Å². The summed E-state index contributed by atoms with van der Waals surface area (Å²) in [5.41, 5.74) is -0.136. The Morgan fingerprint density at radius 1 is 1.03 bits per heavy atom. The van der Waals surface area contributed by atoms with Crippen LogP contribution in [0.3, 0.4) is 0 Å². The van der Waals surface area contributed by atoms with E-state index in [-0.39, 0.29) is 18.9 Å². The summed E-state index contributed by atoms with van der Waals surface area (Å²) < 4.78 is 40.9. The quantitative estimate of drug-likeness (QED) is 0.636. The molecule has 3 aromatic rings. The van der Waals surface area contributed by atoms with Crippen LogP contribution in [0.5, 0.6) is 0 Å². The number of tetrazole rings is 1. The van der Waals surface area contributed by atoms with E-state index in [9.17, 15) is 18.0 Å². The van der Waals surface area contributed by atoms with E-state index in [1.165, 1.54) is 6.07 Å². The van der Waals surface area contributed by atoms with Crippen molar-refractivity contribution in [2.24, 2.45) is 0 Å². The van der Waals surface area contributed by atoms with Crippen molar-refractivity contribution in [3.8, 4) is 0 Å². The molecule has 0 aliphatic carbocycles. The Bertz CT molecular complexity index is 1050. The molecule has 156 valence electrons. The highest BCUT2D eigenvalue weighted by atomic mass is 19.4. The molecule has 0 saturated carbocycles. The van der Waals surface area contributed by atoms with Gasteiger partial charge in [0.25, 0.3) is 0 Å². The fraction of sp³-hybridized carbons (Fsp3) is 0.333. The zero-order chi connectivity index (χ0) is 21.4. The maximum absolute atomic E-state index is 13.1. The van der Waals surface area contributed by atoms with Crippen LogP contribution in [-0.4, -0.2) is 31.0 Å². The molecular formula is C21H20F3N5O. The molecule has 2 heterocycles. The third-order valence-corrected chi connectivity index (χ3v) is 5.51. The van der Waals surface area contributed by atoms with E-state index >= 15 is 0 Å². The molecule has 1 fully saturated rings. The van der Waals surface area contributed by atoms with Crippen LogP contribution < -0.4 is 0 Å². The van der Waals surface area contributed by atoms with Gasteiger partial charge in [0.1, 0.15) is 5.54 Å². The first-order valence-electron chi connectivity index (χ1n) is 9.54. The minimum absolute atomic E-state index is 0.0530. The first-order valence-corrected chi connectivity index (χ1v) is 9.54. The smallest absolute Gasteiger partial charge is 0.326 e. The predicted molar refractivity (Wildman–Crippen MR) is 102 cm³/mol. The summed E-state index contributed by atoms with van der Waals surface area (Å²) in [4.78, 5) is 14.2. The normalized spacial score (nSPS) is 19.5. The van der Waals surface area contributed by atoms with Crippen molar-refractivity contribution < 1.29 is 18.0 Å². The highest BCUT2D eigenvalue weighted by Gasteiger charge is 2.46. The number of hydrogen-bond donors (Lipinski definition) is 0. The standard InChI is InChI=1S/C21H20F3N5O/c1-20(19-25-26-27-29(19)14-15-6-3-2-4-7-15)11-10-18(30)28(20)13-16-8-5-9-17(12-16)21(22,23)24/h2-9,12H,10-11,13-14H2,1H3. The van der Waals surface area contributed by atoms with Crippen molar-refractivity contribution in [3.05, 3.63) is 77.1 Å².